The summed E-state index contributed by atoms with van der Waals surface area (Å²) in [5, 5.41) is 10.2. The third-order valence-electron chi connectivity index (χ3n) is 4.16. The molecule has 4 heteroatoms. The molecule has 0 aliphatic heterocycles. The zero-order valence-corrected chi connectivity index (χ0v) is 12.2. The summed E-state index contributed by atoms with van der Waals surface area (Å²) in [5.74, 6) is 1.44. The van der Waals surface area contributed by atoms with Crippen molar-refractivity contribution < 1.29 is 14.3 Å². The summed E-state index contributed by atoms with van der Waals surface area (Å²) < 4.78 is 5.07. The molecule has 1 aromatic rings. The average Bonchev–Trinajstić information content (AvgIpc) is 2.39. The van der Waals surface area contributed by atoms with Crippen LogP contribution < -0.4 is 4.89 Å². The van der Waals surface area contributed by atoms with E-state index in [1.54, 1.807) is 0 Å². The van der Waals surface area contributed by atoms with Crippen LogP contribution >= 0.6 is 12.0 Å². The van der Waals surface area contributed by atoms with Crippen molar-refractivity contribution in [3.8, 4) is 5.75 Å². The van der Waals surface area contributed by atoms with Crippen molar-refractivity contribution in [3.63, 3.8) is 0 Å². The van der Waals surface area contributed by atoms with E-state index in [0.717, 1.165) is 31.4 Å². The molecule has 0 bridgehead atoms. The van der Waals surface area contributed by atoms with E-state index < -0.39 is 0 Å². The molecule has 0 aromatic heterocycles. The molecule has 0 heterocycles. The van der Waals surface area contributed by atoms with Crippen molar-refractivity contribution in [2.75, 3.05) is 5.75 Å². The van der Waals surface area contributed by atoms with Crippen LogP contribution in [0, 0.1) is 5.41 Å². The second-order valence-corrected chi connectivity index (χ2v) is 5.94. The summed E-state index contributed by atoms with van der Waals surface area (Å²) in [5.41, 5.74) is 0.181. The number of para-hydroxylation sites is 1. The summed E-state index contributed by atoms with van der Waals surface area (Å²) >= 11 is 1.26. The summed E-state index contributed by atoms with van der Waals surface area (Å²) in [6.07, 6.45) is 5.20. The lowest BCUT2D eigenvalue weighted by atomic mass is 9.63. The van der Waals surface area contributed by atoms with Crippen LogP contribution in [0.25, 0.3) is 0 Å². The molecular weight excluding hydrogens is 260 g/mol. The van der Waals surface area contributed by atoms with Crippen LogP contribution in [-0.2, 0) is 4.33 Å². The van der Waals surface area contributed by atoms with Crippen LogP contribution in [0.3, 0.4) is 0 Å². The zero-order valence-electron chi connectivity index (χ0n) is 11.4. The fourth-order valence-corrected chi connectivity index (χ4v) is 3.11. The van der Waals surface area contributed by atoms with Gasteiger partial charge < -0.3 is 9.99 Å². The van der Waals surface area contributed by atoms with Crippen LogP contribution in [0.4, 0.5) is 0 Å². The first-order chi connectivity index (χ1) is 9.27. The Morgan fingerprint density at radius 3 is 2.63 bits per heavy atom. The highest BCUT2D eigenvalue weighted by molar-refractivity contribution is 7.94. The highest BCUT2D eigenvalue weighted by Crippen LogP contribution is 2.47. The van der Waals surface area contributed by atoms with Crippen molar-refractivity contribution >= 4 is 12.0 Å². The summed E-state index contributed by atoms with van der Waals surface area (Å²) in [7, 11) is 0. The molecule has 106 valence electrons. The maximum Gasteiger partial charge on any atom is 0.166 e. The number of hydrogen-bond donors (Lipinski definition) is 1. The zero-order chi connectivity index (χ0) is 13.6. The molecule has 1 atom stereocenters. The van der Waals surface area contributed by atoms with E-state index in [0.29, 0.717) is 5.75 Å². The fraction of sp³-hybridized carbons (Fsp3) is 0.600. The molecule has 1 aromatic carbocycles. The van der Waals surface area contributed by atoms with E-state index >= 15 is 0 Å². The van der Waals surface area contributed by atoms with Gasteiger partial charge in [0.2, 0.25) is 0 Å². The lowest BCUT2D eigenvalue weighted by Crippen LogP contribution is -2.41. The van der Waals surface area contributed by atoms with E-state index in [1.165, 1.54) is 18.5 Å². The van der Waals surface area contributed by atoms with E-state index in [-0.39, 0.29) is 11.5 Å². The average molecular weight is 282 g/mol. The number of rotatable bonds is 8. The van der Waals surface area contributed by atoms with E-state index in [2.05, 4.69) is 6.92 Å². The van der Waals surface area contributed by atoms with Gasteiger partial charge in [0.15, 0.2) is 5.75 Å². The Morgan fingerprint density at radius 1 is 1.32 bits per heavy atom. The minimum atomic E-state index is -0.209. The van der Waals surface area contributed by atoms with E-state index in [9.17, 15) is 5.11 Å². The highest BCUT2D eigenvalue weighted by atomic mass is 32.2. The first-order valence-corrected chi connectivity index (χ1v) is 7.87. The number of hydrogen-bond acceptors (Lipinski definition) is 4. The van der Waals surface area contributed by atoms with Crippen molar-refractivity contribution in [3.05, 3.63) is 30.3 Å². The fourth-order valence-electron chi connectivity index (χ4n) is 2.59. The maximum absolute atomic E-state index is 10.2. The highest BCUT2D eigenvalue weighted by Gasteiger charge is 2.41. The second kappa shape index (κ2) is 7.17. The number of benzene rings is 1. The normalized spacial score (nSPS) is 18.6. The molecule has 1 fully saturated rings. The molecule has 1 unspecified atom stereocenters. The van der Waals surface area contributed by atoms with Crippen molar-refractivity contribution in [1.82, 2.24) is 0 Å². The Morgan fingerprint density at radius 2 is 2.05 bits per heavy atom. The largest absolute Gasteiger partial charge is 0.393 e. The Hall–Kier alpha value is -0.710. The van der Waals surface area contributed by atoms with Gasteiger partial charge in [0, 0.05) is 17.8 Å². The minimum Gasteiger partial charge on any atom is -0.393 e. The SMILES string of the molecule is CCC1(C(O)CCSOOc2ccccc2)CCC1. The van der Waals surface area contributed by atoms with Crippen LogP contribution in [-0.4, -0.2) is 17.0 Å². The van der Waals surface area contributed by atoms with Crippen molar-refractivity contribution in [2.24, 2.45) is 5.41 Å². The molecule has 1 aliphatic carbocycles. The van der Waals surface area contributed by atoms with Gasteiger partial charge >= 0.3 is 0 Å². The molecule has 1 N–H and O–H groups in total. The minimum absolute atomic E-state index is 0.181. The third kappa shape index (κ3) is 3.88. The van der Waals surface area contributed by atoms with E-state index in [1.807, 2.05) is 30.3 Å². The van der Waals surface area contributed by atoms with Gasteiger partial charge in [-0.25, -0.2) is 0 Å². The van der Waals surface area contributed by atoms with Gasteiger partial charge in [-0.1, -0.05) is 31.5 Å². The molecular formula is C15H22O3S. The molecule has 1 aliphatic rings. The monoisotopic (exact) mass is 282 g/mol. The standard InChI is InChI=1S/C15H22O3S/c1-2-15(10-6-11-15)14(16)9-12-19-18-17-13-7-4-3-5-8-13/h3-5,7-8,14,16H,2,6,9-12H2,1H3. The van der Waals surface area contributed by atoms with Crippen LogP contribution in [0.2, 0.25) is 0 Å². The van der Waals surface area contributed by atoms with Crippen LogP contribution in [0.5, 0.6) is 5.75 Å². The van der Waals surface area contributed by atoms with Gasteiger partial charge in [-0.3, -0.25) is 0 Å². The molecule has 0 saturated heterocycles. The molecule has 19 heavy (non-hydrogen) atoms. The van der Waals surface area contributed by atoms with Gasteiger partial charge in [0.1, 0.15) is 0 Å². The topological polar surface area (TPSA) is 38.7 Å². The molecule has 3 nitrogen and oxygen atoms in total. The molecule has 0 amide bonds. The Bertz CT molecular complexity index is 359. The van der Waals surface area contributed by atoms with Gasteiger partial charge in [0.05, 0.1) is 6.10 Å². The second-order valence-electron chi connectivity index (χ2n) is 5.16. The third-order valence-corrected chi connectivity index (χ3v) is 4.72. The van der Waals surface area contributed by atoms with Gasteiger partial charge in [-0.05, 0) is 43.2 Å². The number of aliphatic hydroxyl groups is 1. The van der Waals surface area contributed by atoms with E-state index in [4.69, 9.17) is 9.22 Å². The molecule has 1 saturated carbocycles. The number of aliphatic hydroxyl groups excluding tert-OH is 1. The molecule has 2 rings (SSSR count). The van der Waals surface area contributed by atoms with Gasteiger partial charge in [-0.2, -0.15) is 0 Å². The lowest BCUT2D eigenvalue weighted by Gasteiger charge is -2.45. The van der Waals surface area contributed by atoms with Gasteiger partial charge in [-0.15, -0.1) is 4.33 Å². The first-order valence-electron chi connectivity index (χ1n) is 6.96. The lowest BCUT2D eigenvalue weighted by molar-refractivity contribution is -0.0786. The quantitative estimate of drug-likeness (QED) is 0.339. The van der Waals surface area contributed by atoms with Gasteiger partial charge in [0.25, 0.3) is 0 Å². The Balaban J connectivity index is 1.59. The Kier molecular flexibility index (Phi) is 5.55. The van der Waals surface area contributed by atoms with Crippen LogP contribution in [0.15, 0.2) is 30.3 Å². The molecule has 0 radical (unpaired) electrons. The summed E-state index contributed by atoms with van der Waals surface area (Å²) in [6, 6.07) is 9.41. The summed E-state index contributed by atoms with van der Waals surface area (Å²) in [4.78, 5) is 5.12. The maximum atomic E-state index is 10.2. The predicted molar refractivity (Wildman–Crippen MR) is 77.8 cm³/mol. The molecule has 0 spiro atoms. The van der Waals surface area contributed by atoms with Crippen LogP contribution in [0.1, 0.15) is 39.0 Å². The predicted octanol–water partition coefficient (Wildman–Crippen LogP) is 3.98. The first kappa shape index (κ1) is 14.7. The van der Waals surface area contributed by atoms with Crippen molar-refractivity contribution in [1.29, 1.82) is 0 Å². The Labute approximate surface area is 119 Å². The smallest absolute Gasteiger partial charge is 0.166 e. The summed E-state index contributed by atoms with van der Waals surface area (Å²) in [6.45, 7) is 2.17. The van der Waals surface area contributed by atoms with Crippen molar-refractivity contribution in [2.45, 2.75) is 45.1 Å².